The van der Waals surface area contributed by atoms with Gasteiger partial charge in [-0.15, -0.1) is 0 Å². The summed E-state index contributed by atoms with van der Waals surface area (Å²) >= 11 is 3.26. The number of halogens is 1. The first kappa shape index (κ1) is 16.6. The minimum absolute atomic E-state index is 0.117. The number of nitrogens with zero attached hydrogens (tertiary/aromatic N) is 1. The summed E-state index contributed by atoms with van der Waals surface area (Å²) in [7, 11) is 0.282. The molecular formula is C12H20BrN3O2S. The molecule has 1 rings (SSSR count). The van der Waals surface area contributed by atoms with Crippen LogP contribution in [-0.4, -0.2) is 40.0 Å². The molecule has 0 saturated heterocycles. The van der Waals surface area contributed by atoms with Crippen molar-refractivity contribution >= 4 is 26.0 Å². The Morgan fingerprint density at radius 2 is 2.05 bits per heavy atom. The molecule has 1 atom stereocenters. The summed E-state index contributed by atoms with van der Waals surface area (Å²) in [5, 5.41) is 0. The van der Waals surface area contributed by atoms with Gasteiger partial charge in [-0.05, 0) is 54.6 Å². The summed E-state index contributed by atoms with van der Waals surface area (Å²) < 4.78 is 27.6. The van der Waals surface area contributed by atoms with E-state index in [1.807, 2.05) is 25.9 Å². The van der Waals surface area contributed by atoms with Gasteiger partial charge in [0.05, 0.1) is 4.90 Å². The molecule has 7 heteroatoms. The molecule has 0 heterocycles. The average Bonchev–Trinajstić information content (AvgIpc) is 2.36. The van der Waals surface area contributed by atoms with Gasteiger partial charge in [-0.3, -0.25) is 0 Å². The van der Waals surface area contributed by atoms with Crippen molar-refractivity contribution in [3.8, 4) is 0 Å². The minimum Gasteiger partial charge on any atom is -0.326 e. The maximum Gasteiger partial charge on any atom is 0.241 e. The van der Waals surface area contributed by atoms with E-state index in [1.54, 1.807) is 18.2 Å². The average molecular weight is 350 g/mol. The first-order valence-corrected chi connectivity index (χ1v) is 8.20. The number of benzene rings is 1. The molecule has 0 aromatic heterocycles. The van der Waals surface area contributed by atoms with Crippen molar-refractivity contribution in [1.29, 1.82) is 0 Å². The molecule has 3 N–H and O–H groups in total. The Hall–Kier alpha value is -0.470. The normalized spacial score (nSPS) is 13.8. The van der Waals surface area contributed by atoms with E-state index in [1.165, 1.54) is 0 Å². The van der Waals surface area contributed by atoms with E-state index in [2.05, 4.69) is 20.7 Å². The smallest absolute Gasteiger partial charge is 0.241 e. The van der Waals surface area contributed by atoms with Crippen LogP contribution in [0.2, 0.25) is 0 Å². The number of likely N-dealkylation sites (N-methyl/N-ethyl adjacent to an activating group) is 1. The molecule has 0 aliphatic rings. The van der Waals surface area contributed by atoms with Crippen LogP contribution in [0.15, 0.2) is 27.6 Å². The Morgan fingerprint density at radius 3 is 2.58 bits per heavy atom. The van der Waals surface area contributed by atoms with Gasteiger partial charge in [0.25, 0.3) is 0 Å². The zero-order chi connectivity index (χ0) is 14.6. The number of nitrogens with two attached hydrogens (primary N) is 1. The van der Waals surface area contributed by atoms with Gasteiger partial charge in [0.2, 0.25) is 10.0 Å². The Bertz CT molecular complexity index is 532. The quantitative estimate of drug-likeness (QED) is 0.807. The van der Waals surface area contributed by atoms with Crippen molar-refractivity contribution in [1.82, 2.24) is 9.62 Å². The molecule has 0 bridgehead atoms. The van der Waals surface area contributed by atoms with Gasteiger partial charge in [-0.1, -0.05) is 6.07 Å². The van der Waals surface area contributed by atoms with Crippen LogP contribution in [-0.2, 0) is 16.6 Å². The molecule has 5 nitrogen and oxygen atoms in total. The van der Waals surface area contributed by atoms with E-state index in [9.17, 15) is 8.42 Å². The molecule has 0 saturated carbocycles. The third kappa shape index (κ3) is 4.54. The zero-order valence-electron chi connectivity index (χ0n) is 11.4. The lowest BCUT2D eigenvalue weighted by Gasteiger charge is -2.20. The molecule has 1 aromatic rings. The molecular weight excluding hydrogens is 330 g/mol. The summed E-state index contributed by atoms with van der Waals surface area (Å²) in [6, 6.07) is 5.20. The van der Waals surface area contributed by atoms with Crippen LogP contribution in [0.3, 0.4) is 0 Å². The van der Waals surface area contributed by atoms with Crippen molar-refractivity contribution in [3.63, 3.8) is 0 Å². The topological polar surface area (TPSA) is 75.4 Å². The number of sulfonamides is 1. The van der Waals surface area contributed by atoms with Gasteiger partial charge in [0.1, 0.15) is 0 Å². The molecule has 1 unspecified atom stereocenters. The number of rotatable bonds is 6. The molecule has 0 aliphatic carbocycles. The van der Waals surface area contributed by atoms with Crippen molar-refractivity contribution in [3.05, 3.63) is 28.2 Å². The maximum atomic E-state index is 12.2. The van der Waals surface area contributed by atoms with Gasteiger partial charge >= 0.3 is 0 Å². The van der Waals surface area contributed by atoms with E-state index in [4.69, 9.17) is 5.73 Å². The van der Waals surface area contributed by atoms with Crippen LogP contribution in [0.5, 0.6) is 0 Å². The van der Waals surface area contributed by atoms with E-state index >= 15 is 0 Å². The van der Waals surface area contributed by atoms with Crippen molar-refractivity contribution < 1.29 is 8.42 Å². The minimum atomic E-state index is -3.53. The predicted octanol–water partition coefficient (Wildman–Crippen LogP) is 1.14. The van der Waals surface area contributed by atoms with Gasteiger partial charge in [-0.25, -0.2) is 13.1 Å². The molecule has 1 aromatic carbocycles. The second-order valence-corrected chi connectivity index (χ2v) is 7.22. The number of hydrogen-bond acceptors (Lipinski definition) is 4. The summed E-state index contributed by atoms with van der Waals surface area (Å²) in [4.78, 5) is 2.18. The van der Waals surface area contributed by atoms with Gasteiger partial charge in [0, 0.05) is 23.6 Å². The zero-order valence-corrected chi connectivity index (χ0v) is 13.8. The highest BCUT2D eigenvalue weighted by Gasteiger charge is 2.19. The highest BCUT2D eigenvalue weighted by Crippen LogP contribution is 2.23. The van der Waals surface area contributed by atoms with E-state index in [0.717, 1.165) is 5.56 Å². The molecule has 0 spiro atoms. The Morgan fingerprint density at radius 1 is 1.42 bits per heavy atom. The Labute approximate surface area is 123 Å². The van der Waals surface area contributed by atoms with Crippen LogP contribution in [0.25, 0.3) is 0 Å². The van der Waals surface area contributed by atoms with E-state index in [0.29, 0.717) is 17.6 Å². The summed E-state index contributed by atoms with van der Waals surface area (Å²) in [5.74, 6) is 0. The highest BCUT2D eigenvalue weighted by molar-refractivity contribution is 9.10. The molecule has 0 aliphatic heterocycles. The molecule has 108 valence electrons. The maximum absolute atomic E-state index is 12.2. The molecule has 0 radical (unpaired) electrons. The van der Waals surface area contributed by atoms with Crippen LogP contribution in [0.1, 0.15) is 12.5 Å². The first-order chi connectivity index (χ1) is 8.77. The summed E-state index contributed by atoms with van der Waals surface area (Å²) in [6.07, 6.45) is 0. The fourth-order valence-electron chi connectivity index (χ4n) is 1.37. The lowest BCUT2D eigenvalue weighted by Crippen LogP contribution is -2.38. The Balaban J connectivity index is 2.94. The summed E-state index contributed by atoms with van der Waals surface area (Å²) in [5.41, 5.74) is 6.32. The van der Waals surface area contributed by atoms with Crippen LogP contribution < -0.4 is 10.5 Å². The van der Waals surface area contributed by atoms with Crippen molar-refractivity contribution in [2.45, 2.75) is 24.4 Å². The second kappa shape index (κ2) is 6.81. The SMILES string of the molecule is CC(CNS(=O)(=O)c1cc(CN)ccc1Br)N(C)C. The van der Waals surface area contributed by atoms with E-state index < -0.39 is 10.0 Å². The van der Waals surface area contributed by atoms with Crippen molar-refractivity contribution in [2.75, 3.05) is 20.6 Å². The highest BCUT2D eigenvalue weighted by atomic mass is 79.9. The predicted molar refractivity (Wildman–Crippen MR) is 80.4 cm³/mol. The third-order valence-corrected chi connectivity index (χ3v) is 5.39. The Kier molecular flexibility index (Phi) is 5.94. The fraction of sp³-hybridized carbons (Fsp3) is 0.500. The van der Waals surface area contributed by atoms with E-state index in [-0.39, 0.29) is 10.9 Å². The summed E-state index contributed by atoms with van der Waals surface area (Å²) in [6.45, 7) is 2.62. The standard InChI is InChI=1S/C12H20BrN3O2S/c1-9(16(2)3)8-15-19(17,18)12-6-10(7-14)4-5-11(12)13/h4-6,9,15H,7-8,14H2,1-3H3. The fourth-order valence-corrected chi connectivity index (χ4v) is 3.50. The largest absolute Gasteiger partial charge is 0.326 e. The molecule has 0 fully saturated rings. The molecule has 0 amide bonds. The second-order valence-electron chi connectivity index (χ2n) is 4.63. The van der Waals surface area contributed by atoms with Crippen LogP contribution >= 0.6 is 15.9 Å². The monoisotopic (exact) mass is 349 g/mol. The van der Waals surface area contributed by atoms with Gasteiger partial charge in [-0.2, -0.15) is 0 Å². The lowest BCUT2D eigenvalue weighted by atomic mass is 10.2. The number of nitrogens with one attached hydrogen (secondary N) is 1. The third-order valence-electron chi connectivity index (χ3n) is 2.97. The van der Waals surface area contributed by atoms with Crippen LogP contribution in [0, 0.1) is 0 Å². The molecule has 19 heavy (non-hydrogen) atoms. The van der Waals surface area contributed by atoms with Gasteiger partial charge in [0.15, 0.2) is 0 Å². The number of hydrogen-bond donors (Lipinski definition) is 2. The first-order valence-electron chi connectivity index (χ1n) is 5.92. The van der Waals surface area contributed by atoms with Crippen LogP contribution in [0.4, 0.5) is 0 Å². The van der Waals surface area contributed by atoms with Crippen molar-refractivity contribution in [2.24, 2.45) is 5.73 Å². The van der Waals surface area contributed by atoms with Gasteiger partial charge < -0.3 is 10.6 Å². The lowest BCUT2D eigenvalue weighted by molar-refractivity contribution is 0.314.